The van der Waals surface area contributed by atoms with E-state index in [2.05, 4.69) is 10.6 Å². The first-order chi connectivity index (χ1) is 13.0. The monoisotopic (exact) mass is 358 g/mol. The van der Waals surface area contributed by atoms with Gasteiger partial charge in [-0.25, -0.2) is 0 Å². The van der Waals surface area contributed by atoms with Gasteiger partial charge in [0.15, 0.2) is 0 Å². The Balaban J connectivity index is 1.72. The van der Waals surface area contributed by atoms with E-state index in [1.54, 1.807) is 24.3 Å². The van der Waals surface area contributed by atoms with E-state index in [1.807, 2.05) is 63.2 Å². The number of para-hydroxylation sites is 2. The molecule has 2 amide bonds. The van der Waals surface area contributed by atoms with Gasteiger partial charge in [0.2, 0.25) is 0 Å². The van der Waals surface area contributed by atoms with E-state index in [0.29, 0.717) is 11.1 Å². The van der Waals surface area contributed by atoms with E-state index in [4.69, 9.17) is 0 Å². The Labute approximate surface area is 159 Å². The summed E-state index contributed by atoms with van der Waals surface area (Å²) in [5.41, 5.74) is 5.63. The number of carbonyl (C=O) groups is 2. The quantitative estimate of drug-likeness (QED) is 0.680. The number of aryl methyl sites for hydroxylation is 3. The van der Waals surface area contributed by atoms with Crippen molar-refractivity contribution in [3.05, 3.63) is 94.5 Å². The van der Waals surface area contributed by atoms with E-state index in [0.717, 1.165) is 28.1 Å². The van der Waals surface area contributed by atoms with E-state index in [1.165, 1.54) is 0 Å². The maximum Gasteiger partial charge on any atom is 0.255 e. The lowest BCUT2D eigenvalue weighted by Gasteiger charge is -2.12. The maximum absolute atomic E-state index is 12.5. The van der Waals surface area contributed by atoms with Gasteiger partial charge < -0.3 is 10.6 Å². The van der Waals surface area contributed by atoms with Crippen LogP contribution in [0.3, 0.4) is 0 Å². The molecule has 0 saturated heterocycles. The zero-order valence-corrected chi connectivity index (χ0v) is 15.7. The summed E-state index contributed by atoms with van der Waals surface area (Å²) in [5, 5.41) is 5.84. The Kier molecular flexibility index (Phi) is 5.36. The number of nitrogens with one attached hydrogen (secondary N) is 2. The predicted molar refractivity (Wildman–Crippen MR) is 109 cm³/mol. The molecule has 0 spiro atoms. The molecule has 4 heteroatoms. The van der Waals surface area contributed by atoms with Crippen molar-refractivity contribution in [1.82, 2.24) is 0 Å². The first-order valence-corrected chi connectivity index (χ1v) is 8.80. The van der Waals surface area contributed by atoms with Gasteiger partial charge in [0.05, 0.1) is 0 Å². The molecule has 0 bridgehead atoms. The normalized spacial score (nSPS) is 10.3. The molecule has 3 rings (SSSR count). The fraction of sp³-hybridized carbons (Fsp3) is 0.130. The highest BCUT2D eigenvalue weighted by Crippen LogP contribution is 2.20. The van der Waals surface area contributed by atoms with Crippen molar-refractivity contribution in [3.63, 3.8) is 0 Å². The highest BCUT2D eigenvalue weighted by atomic mass is 16.2. The van der Waals surface area contributed by atoms with Crippen LogP contribution in [-0.2, 0) is 0 Å². The molecular weight excluding hydrogens is 336 g/mol. The first-order valence-electron chi connectivity index (χ1n) is 8.80. The lowest BCUT2D eigenvalue weighted by atomic mass is 10.1. The molecule has 0 fully saturated rings. The van der Waals surface area contributed by atoms with Crippen molar-refractivity contribution in [3.8, 4) is 0 Å². The Morgan fingerprint density at radius 3 is 1.63 bits per heavy atom. The Hall–Kier alpha value is -3.40. The Morgan fingerprint density at radius 2 is 1.07 bits per heavy atom. The van der Waals surface area contributed by atoms with Gasteiger partial charge in [-0.1, -0.05) is 36.4 Å². The van der Waals surface area contributed by atoms with E-state index < -0.39 is 0 Å². The highest BCUT2D eigenvalue weighted by Gasteiger charge is 2.12. The van der Waals surface area contributed by atoms with Crippen LogP contribution in [0, 0.1) is 20.8 Å². The standard InChI is InChI=1S/C23H22N2O2/c1-15-7-4-5-10-20(15)24-22(26)18-11-13-19(14-12-18)23(27)25-21-16(2)8-6-9-17(21)3/h4-14H,1-3H3,(H,24,26)(H,25,27). The molecule has 3 aromatic carbocycles. The van der Waals surface area contributed by atoms with Crippen molar-refractivity contribution in [2.24, 2.45) is 0 Å². The van der Waals surface area contributed by atoms with E-state index >= 15 is 0 Å². The van der Waals surface area contributed by atoms with Crippen LogP contribution in [0.1, 0.15) is 37.4 Å². The van der Waals surface area contributed by atoms with E-state index in [-0.39, 0.29) is 11.8 Å². The molecule has 0 heterocycles. The molecule has 27 heavy (non-hydrogen) atoms. The number of hydrogen-bond acceptors (Lipinski definition) is 2. The summed E-state index contributed by atoms with van der Waals surface area (Å²) in [6, 6.07) is 20.1. The summed E-state index contributed by atoms with van der Waals surface area (Å²) in [5.74, 6) is -0.399. The van der Waals surface area contributed by atoms with Crippen molar-refractivity contribution in [2.45, 2.75) is 20.8 Å². The lowest BCUT2D eigenvalue weighted by Crippen LogP contribution is -2.15. The summed E-state index contributed by atoms with van der Waals surface area (Å²) in [6.45, 7) is 5.86. The molecule has 0 radical (unpaired) electrons. The largest absolute Gasteiger partial charge is 0.322 e. The molecule has 0 saturated carbocycles. The predicted octanol–water partition coefficient (Wildman–Crippen LogP) is 5.12. The van der Waals surface area contributed by atoms with E-state index in [9.17, 15) is 9.59 Å². The van der Waals surface area contributed by atoms with Crippen molar-refractivity contribution < 1.29 is 9.59 Å². The molecule has 3 aromatic rings. The smallest absolute Gasteiger partial charge is 0.255 e. The van der Waals surface area contributed by atoms with Crippen LogP contribution in [-0.4, -0.2) is 11.8 Å². The number of benzene rings is 3. The minimum absolute atomic E-state index is 0.196. The zero-order valence-electron chi connectivity index (χ0n) is 15.7. The summed E-state index contributed by atoms with van der Waals surface area (Å²) >= 11 is 0. The van der Waals surface area contributed by atoms with Gasteiger partial charge in [-0.2, -0.15) is 0 Å². The Bertz CT molecular complexity index is 971. The fourth-order valence-electron chi connectivity index (χ4n) is 2.88. The average molecular weight is 358 g/mol. The van der Waals surface area contributed by atoms with Gasteiger partial charge >= 0.3 is 0 Å². The number of hydrogen-bond donors (Lipinski definition) is 2. The van der Waals surface area contributed by atoms with Gasteiger partial charge in [0.25, 0.3) is 11.8 Å². The van der Waals surface area contributed by atoms with Gasteiger partial charge in [0.1, 0.15) is 0 Å². The number of amides is 2. The molecule has 2 N–H and O–H groups in total. The summed E-state index contributed by atoms with van der Waals surface area (Å²) < 4.78 is 0. The van der Waals surface area contributed by atoms with Crippen LogP contribution < -0.4 is 10.6 Å². The third-order valence-corrected chi connectivity index (χ3v) is 4.52. The van der Waals surface area contributed by atoms with Crippen LogP contribution in [0.2, 0.25) is 0 Å². The summed E-state index contributed by atoms with van der Waals surface area (Å²) in [7, 11) is 0. The van der Waals surface area contributed by atoms with Gasteiger partial charge in [-0.15, -0.1) is 0 Å². The first kappa shape index (κ1) is 18.4. The SMILES string of the molecule is Cc1ccccc1NC(=O)c1ccc(C(=O)Nc2c(C)cccc2C)cc1. The summed E-state index contributed by atoms with van der Waals surface area (Å²) in [6.07, 6.45) is 0. The molecule has 0 aliphatic rings. The molecule has 4 nitrogen and oxygen atoms in total. The fourth-order valence-corrected chi connectivity index (χ4v) is 2.88. The minimum Gasteiger partial charge on any atom is -0.322 e. The zero-order chi connectivity index (χ0) is 19.4. The van der Waals surface area contributed by atoms with Crippen molar-refractivity contribution >= 4 is 23.2 Å². The number of anilines is 2. The van der Waals surface area contributed by atoms with Gasteiger partial charge in [0, 0.05) is 22.5 Å². The van der Waals surface area contributed by atoms with Crippen LogP contribution in [0.4, 0.5) is 11.4 Å². The topological polar surface area (TPSA) is 58.2 Å². The molecule has 0 aliphatic carbocycles. The van der Waals surface area contributed by atoms with Gasteiger partial charge in [-0.05, 0) is 67.8 Å². The highest BCUT2D eigenvalue weighted by molar-refractivity contribution is 6.07. The average Bonchev–Trinajstić information content (AvgIpc) is 2.66. The molecule has 136 valence electrons. The maximum atomic E-state index is 12.5. The number of rotatable bonds is 4. The van der Waals surface area contributed by atoms with Crippen LogP contribution in [0.5, 0.6) is 0 Å². The summed E-state index contributed by atoms with van der Waals surface area (Å²) in [4.78, 5) is 24.9. The molecule has 0 unspecified atom stereocenters. The second kappa shape index (κ2) is 7.87. The molecule has 0 aliphatic heterocycles. The molecule has 0 atom stereocenters. The minimum atomic E-state index is -0.203. The third-order valence-electron chi connectivity index (χ3n) is 4.52. The van der Waals surface area contributed by atoms with Crippen LogP contribution >= 0.6 is 0 Å². The van der Waals surface area contributed by atoms with Crippen molar-refractivity contribution in [1.29, 1.82) is 0 Å². The second-order valence-electron chi connectivity index (χ2n) is 6.57. The van der Waals surface area contributed by atoms with Gasteiger partial charge in [-0.3, -0.25) is 9.59 Å². The molecular formula is C23H22N2O2. The van der Waals surface area contributed by atoms with Crippen LogP contribution in [0.15, 0.2) is 66.7 Å². The molecule has 0 aromatic heterocycles. The van der Waals surface area contributed by atoms with Crippen LogP contribution in [0.25, 0.3) is 0 Å². The second-order valence-corrected chi connectivity index (χ2v) is 6.57. The lowest BCUT2D eigenvalue weighted by molar-refractivity contribution is 0.101. The third kappa shape index (κ3) is 4.23. The van der Waals surface area contributed by atoms with Crippen molar-refractivity contribution in [2.75, 3.05) is 10.6 Å². The Morgan fingerprint density at radius 1 is 0.593 bits per heavy atom. The number of carbonyl (C=O) groups excluding carboxylic acids is 2.